The second-order valence-electron chi connectivity index (χ2n) is 5.90. The second kappa shape index (κ2) is 6.64. The van der Waals surface area contributed by atoms with E-state index in [9.17, 15) is 8.42 Å². The first-order valence-corrected chi connectivity index (χ1v) is 9.85. The highest BCUT2D eigenvalue weighted by Crippen LogP contribution is 2.26. The smallest absolute Gasteiger partial charge is 0.262 e. The highest BCUT2D eigenvalue weighted by Gasteiger charge is 2.18. The van der Waals surface area contributed by atoms with Gasteiger partial charge in [0.15, 0.2) is 5.65 Å². The van der Waals surface area contributed by atoms with Gasteiger partial charge < -0.3 is 0 Å². The van der Waals surface area contributed by atoms with Gasteiger partial charge >= 0.3 is 0 Å². The number of halogens is 1. The molecule has 0 aliphatic heterocycles. The lowest BCUT2D eigenvalue weighted by Crippen LogP contribution is -2.14. The molecule has 2 aromatic carbocycles. The lowest BCUT2D eigenvalue weighted by Gasteiger charge is -2.11. The van der Waals surface area contributed by atoms with Gasteiger partial charge in [-0.05, 0) is 48.9 Å². The summed E-state index contributed by atoms with van der Waals surface area (Å²) in [7, 11) is -3.74. The van der Waals surface area contributed by atoms with Crippen LogP contribution in [0.25, 0.3) is 16.9 Å². The quantitative estimate of drug-likeness (QED) is 0.566. The number of rotatable bonds is 4. The van der Waals surface area contributed by atoms with Gasteiger partial charge in [-0.3, -0.25) is 4.72 Å². The number of anilines is 1. The van der Waals surface area contributed by atoms with Gasteiger partial charge in [-0.25, -0.2) is 8.42 Å². The van der Waals surface area contributed by atoms with Crippen molar-refractivity contribution < 1.29 is 8.42 Å². The van der Waals surface area contributed by atoms with Crippen molar-refractivity contribution in [1.29, 1.82) is 0 Å². The highest BCUT2D eigenvalue weighted by molar-refractivity contribution is 7.92. The van der Waals surface area contributed by atoms with Crippen LogP contribution >= 0.6 is 11.6 Å². The molecule has 0 spiro atoms. The van der Waals surface area contributed by atoms with Gasteiger partial charge in [-0.15, -0.1) is 10.2 Å². The van der Waals surface area contributed by atoms with E-state index >= 15 is 0 Å². The van der Waals surface area contributed by atoms with Crippen LogP contribution in [0.5, 0.6) is 0 Å². The van der Waals surface area contributed by atoms with E-state index in [4.69, 9.17) is 11.6 Å². The van der Waals surface area contributed by atoms with Crippen LogP contribution in [-0.4, -0.2) is 28.2 Å². The zero-order valence-corrected chi connectivity index (χ0v) is 15.7. The van der Waals surface area contributed by atoms with Gasteiger partial charge in [0.1, 0.15) is 6.33 Å². The molecule has 4 aromatic rings. The number of nitrogens with zero attached hydrogens (tertiary/aromatic N) is 4. The van der Waals surface area contributed by atoms with Gasteiger partial charge in [0.05, 0.1) is 10.6 Å². The molecule has 0 unspecified atom stereocenters. The first-order chi connectivity index (χ1) is 12.9. The maximum absolute atomic E-state index is 12.6. The fourth-order valence-electron chi connectivity index (χ4n) is 2.68. The lowest BCUT2D eigenvalue weighted by molar-refractivity contribution is 0.600. The largest absolute Gasteiger partial charge is 0.280 e. The minimum atomic E-state index is -3.74. The van der Waals surface area contributed by atoms with Crippen molar-refractivity contribution in [1.82, 2.24) is 19.8 Å². The zero-order valence-electron chi connectivity index (χ0n) is 14.2. The molecule has 0 fully saturated rings. The summed E-state index contributed by atoms with van der Waals surface area (Å²) in [6, 6.07) is 15.4. The Bertz CT molecular complexity index is 1240. The van der Waals surface area contributed by atoms with Crippen molar-refractivity contribution in [2.24, 2.45) is 0 Å². The van der Waals surface area contributed by atoms with Crippen molar-refractivity contribution in [2.45, 2.75) is 11.8 Å². The summed E-state index contributed by atoms with van der Waals surface area (Å²) in [4.78, 5) is 0.152. The fourth-order valence-corrected chi connectivity index (χ4v) is 4.24. The van der Waals surface area contributed by atoms with Crippen LogP contribution in [0.4, 0.5) is 5.69 Å². The fraction of sp³-hybridized carbons (Fsp3) is 0.0556. The average molecular weight is 400 g/mol. The number of hydrogen-bond donors (Lipinski definition) is 1. The Balaban J connectivity index is 1.61. The molecule has 0 bridgehead atoms. The first kappa shape index (κ1) is 17.4. The Hall–Kier alpha value is -2.97. The molecule has 4 rings (SSSR count). The molecule has 27 heavy (non-hydrogen) atoms. The summed E-state index contributed by atoms with van der Waals surface area (Å²) in [5, 5.41) is 12.5. The Morgan fingerprint density at radius 1 is 1.04 bits per heavy atom. The minimum Gasteiger partial charge on any atom is -0.280 e. The number of nitrogens with one attached hydrogen (secondary N) is 1. The van der Waals surface area contributed by atoms with Crippen molar-refractivity contribution in [3.8, 4) is 11.3 Å². The summed E-state index contributed by atoms with van der Waals surface area (Å²) in [6.07, 6.45) is 1.52. The molecule has 7 nitrogen and oxygen atoms in total. The van der Waals surface area contributed by atoms with E-state index < -0.39 is 10.0 Å². The Labute approximate surface area is 160 Å². The lowest BCUT2D eigenvalue weighted by atomic mass is 10.1. The summed E-state index contributed by atoms with van der Waals surface area (Å²) >= 11 is 6.03. The third-order valence-corrected chi connectivity index (χ3v) is 6.04. The van der Waals surface area contributed by atoms with Crippen LogP contribution in [0, 0.1) is 6.92 Å². The maximum Gasteiger partial charge on any atom is 0.262 e. The predicted octanol–water partition coefficient (Wildman–Crippen LogP) is 3.55. The van der Waals surface area contributed by atoms with E-state index in [-0.39, 0.29) is 4.90 Å². The highest BCUT2D eigenvalue weighted by atomic mass is 35.5. The van der Waals surface area contributed by atoms with E-state index in [1.807, 2.05) is 12.1 Å². The van der Waals surface area contributed by atoms with Crippen LogP contribution in [0.15, 0.2) is 65.8 Å². The molecule has 0 saturated carbocycles. The van der Waals surface area contributed by atoms with Crippen molar-refractivity contribution >= 4 is 33.0 Å². The molecular formula is C18H14ClN5O2S. The van der Waals surface area contributed by atoms with Crippen LogP contribution in [-0.2, 0) is 10.0 Å². The monoisotopic (exact) mass is 399 g/mol. The van der Waals surface area contributed by atoms with Gasteiger partial charge in [-0.1, -0.05) is 29.8 Å². The molecule has 0 aliphatic rings. The van der Waals surface area contributed by atoms with Crippen LogP contribution in [0.2, 0.25) is 5.02 Å². The van der Waals surface area contributed by atoms with E-state index in [2.05, 4.69) is 20.0 Å². The first-order valence-electron chi connectivity index (χ1n) is 7.99. The Kier molecular flexibility index (Phi) is 4.29. The molecule has 0 atom stereocenters. The minimum absolute atomic E-state index is 0.152. The van der Waals surface area contributed by atoms with Crippen LogP contribution in [0.1, 0.15) is 5.56 Å². The molecule has 2 heterocycles. The van der Waals surface area contributed by atoms with Gasteiger partial charge in [-0.2, -0.15) is 9.61 Å². The van der Waals surface area contributed by atoms with E-state index in [0.29, 0.717) is 21.9 Å². The third-order valence-electron chi connectivity index (χ3n) is 4.10. The summed E-state index contributed by atoms with van der Waals surface area (Å²) in [6.45, 7) is 1.67. The number of aromatic nitrogens is 4. The predicted molar refractivity (Wildman–Crippen MR) is 103 cm³/mol. The molecule has 136 valence electrons. The van der Waals surface area contributed by atoms with E-state index in [0.717, 1.165) is 11.3 Å². The van der Waals surface area contributed by atoms with E-state index in [1.165, 1.54) is 12.4 Å². The number of hydrogen-bond acceptors (Lipinski definition) is 5. The molecule has 0 radical (unpaired) electrons. The Morgan fingerprint density at radius 3 is 2.59 bits per heavy atom. The Morgan fingerprint density at radius 2 is 1.81 bits per heavy atom. The third kappa shape index (κ3) is 3.36. The van der Waals surface area contributed by atoms with E-state index in [1.54, 1.807) is 47.8 Å². The maximum atomic E-state index is 12.6. The number of benzene rings is 2. The number of fused-ring (bicyclic) bond motifs is 1. The molecule has 0 saturated heterocycles. The van der Waals surface area contributed by atoms with Gasteiger partial charge in [0.2, 0.25) is 0 Å². The normalized spacial score (nSPS) is 11.6. The van der Waals surface area contributed by atoms with Crippen molar-refractivity contribution in [2.75, 3.05) is 4.72 Å². The average Bonchev–Trinajstić information content (AvgIpc) is 3.12. The molecular weight excluding hydrogens is 386 g/mol. The van der Waals surface area contributed by atoms with Crippen molar-refractivity contribution in [3.05, 3.63) is 71.5 Å². The topological polar surface area (TPSA) is 89.2 Å². The van der Waals surface area contributed by atoms with Gasteiger partial charge in [0, 0.05) is 16.3 Å². The summed E-state index contributed by atoms with van der Waals surface area (Å²) < 4.78 is 29.4. The van der Waals surface area contributed by atoms with Crippen LogP contribution < -0.4 is 4.72 Å². The summed E-state index contributed by atoms with van der Waals surface area (Å²) in [5.41, 5.74) is 3.17. The SMILES string of the molecule is Cc1c(Cl)cccc1S(=O)(=O)Nc1ccc(-c2ccc3nncn3n2)cc1. The standard InChI is InChI=1S/C18H14ClN5O2S/c1-12-15(19)3-2-4-17(12)27(25,26)23-14-7-5-13(6-8-14)16-9-10-18-21-20-11-24(18)22-16/h2-11,23H,1H3. The molecule has 0 aliphatic carbocycles. The summed E-state index contributed by atoms with van der Waals surface area (Å²) in [5.74, 6) is 0. The second-order valence-corrected chi connectivity index (χ2v) is 7.96. The number of sulfonamides is 1. The van der Waals surface area contributed by atoms with Crippen molar-refractivity contribution in [3.63, 3.8) is 0 Å². The molecule has 1 N–H and O–H groups in total. The zero-order chi connectivity index (χ0) is 19.0. The molecule has 9 heteroatoms. The van der Waals surface area contributed by atoms with Crippen LogP contribution in [0.3, 0.4) is 0 Å². The van der Waals surface area contributed by atoms with Gasteiger partial charge in [0.25, 0.3) is 10.0 Å². The molecule has 0 amide bonds. The molecule has 2 aromatic heterocycles.